The lowest BCUT2D eigenvalue weighted by Crippen LogP contribution is -2.02. The summed E-state index contributed by atoms with van der Waals surface area (Å²) in [5.74, 6) is 0.953. The zero-order chi connectivity index (χ0) is 27.5. The molecule has 1 aromatic heterocycles. The van der Waals surface area contributed by atoms with Gasteiger partial charge < -0.3 is 20.6 Å². The van der Waals surface area contributed by atoms with Crippen molar-refractivity contribution < 1.29 is 14.6 Å². The van der Waals surface area contributed by atoms with Crippen LogP contribution in [0.4, 0.5) is 5.69 Å². The number of nitrogens with two attached hydrogens (primary N) is 1. The molecule has 39 heavy (non-hydrogen) atoms. The largest absolute Gasteiger partial charge is 0.478 e. The Morgan fingerprint density at radius 1 is 0.974 bits per heavy atom. The van der Waals surface area contributed by atoms with Gasteiger partial charge in [0, 0.05) is 16.5 Å². The molecule has 0 saturated carbocycles. The number of nitrogens with zero attached hydrogens (tertiary/aromatic N) is 1. The van der Waals surface area contributed by atoms with Gasteiger partial charge in [-0.15, -0.1) is 0 Å². The molecule has 0 spiro atoms. The Kier molecular flexibility index (Phi) is 7.59. The number of ether oxygens (including phenoxy) is 1. The lowest BCUT2D eigenvalue weighted by Gasteiger charge is -2.14. The third kappa shape index (κ3) is 5.77. The molecule has 4 aromatic carbocycles. The molecule has 6 nitrogen and oxygen atoms in total. The van der Waals surface area contributed by atoms with Gasteiger partial charge in [-0.2, -0.15) is 0 Å². The number of H-pyrrole nitrogens is 1. The molecule has 8 heteroatoms. The normalized spacial score (nSPS) is 11.8. The molecule has 4 N–H and O–H groups in total. The quantitative estimate of drug-likeness (QED) is 0.166. The summed E-state index contributed by atoms with van der Waals surface area (Å²) in [7, 11) is 0. The van der Waals surface area contributed by atoms with E-state index in [0.29, 0.717) is 21.5 Å². The van der Waals surface area contributed by atoms with Crippen LogP contribution < -0.4 is 10.5 Å². The predicted octanol–water partition coefficient (Wildman–Crippen LogP) is 8.67. The van der Waals surface area contributed by atoms with E-state index in [2.05, 4.69) is 41.2 Å². The number of carboxylic acids is 1. The summed E-state index contributed by atoms with van der Waals surface area (Å²) in [6, 6.07) is 25.9. The lowest BCUT2D eigenvalue weighted by molar-refractivity contribution is 0.0697. The summed E-state index contributed by atoms with van der Waals surface area (Å²) < 4.78 is 5.85. The maximum Gasteiger partial charge on any atom is 0.335 e. The van der Waals surface area contributed by atoms with Crippen LogP contribution in [-0.2, 0) is 0 Å². The first-order valence-electron chi connectivity index (χ1n) is 12.3. The van der Waals surface area contributed by atoms with Crippen LogP contribution in [0.2, 0.25) is 10.0 Å². The Morgan fingerprint density at radius 3 is 2.28 bits per heavy atom. The molecule has 5 rings (SSSR count). The van der Waals surface area contributed by atoms with Gasteiger partial charge in [-0.25, -0.2) is 9.78 Å². The number of rotatable bonds is 8. The Morgan fingerprint density at radius 2 is 1.67 bits per heavy atom. The van der Waals surface area contributed by atoms with E-state index in [1.54, 1.807) is 18.3 Å². The Hall–Kier alpha value is -4.26. The summed E-state index contributed by atoms with van der Waals surface area (Å²) in [5.41, 5.74) is 11.3. The van der Waals surface area contributed by atoms with Gasteiger partial charge in [0.15, 0.2) is 0 Å². The van der Waals surface area contributed by atoms with Gasteiger partial charge in [0.1, 0.15) is 17.3 Å². The van der Waals surface area contributed by atoms with Crippen molar-refractivity contribution in [3.8, 4) is 33.9 Å². The zero-order valence-corrected chi connectivity index (χ0v) is 22.5. The van der Waals surface area contributed by atoms with E-state index in [9.17, 15) is 4.79 Å². The number of halogens is 2. The first-order valence-corrected chi connectivity index (χ1v) is 13.1. The molecule has 196 valence electrons. The molecule has 0 amide bonds. The smallest absolute Gasteiger partial charge is 0.335 e. The number of nitrogens with one attached hydrogen (secondary N) is 1. The van der Waals surface area contributed by atoms with Crippen molar-refractivity contribution in [3.63, 3.8) is 0 Å². The van der Waals surface area contributed by atoms with Crippen LogP contribution in [0.25, 0.3) is 22.4 Å². The summed E-state index contributed by atoms with van der Waals surface area (Å²) >= 11 is 12.4. The van der Waals surface area contributed by atoms with Gasteiger partial charge in [0.2, 0.25) is 0 Å². The fourth-order valence-corrected chi connectivity index (χ4v) is 4.98. The van der Waals surface area contributed by atoms with E-state index in [0.717, 1.165) is 40.2 Å². The molecular weight excluding hydrogens is 533 g/mol. The summed E-state index contributed by atoms with van der Waals surface area (Å²) in [6.07, 6.45) is 2.68. The number of hydrogen-bond donors (Lipinski definition) is 3. The third-order valence-electron chi connectivity index (χ3n) is 6.54. The molecule has 0 aliphatic rings. The number of carboxylic acid groups (broad SMARTS) is 1. The van der Waals surface area contributed by atoms with Crippen LogP contribution >= 0.6 is 23.2 Å². The Labute approximate surface area is 236 Å². The molecule has 0 radical (unpaired) electrons. The van der Waals surface area contributed by atoms with Gasteiger partial charge in [-0.05, 0) is 71.6 Å². The van der Waals surface area contributed by atoms with Gasteiger partial charge in [0.05, 0.1) is 28.2 Å². The number of nitrogen functional groups attached to an aromatic ring is 1. The molecule has 0 aliphatic carbocycles. The number of carbonyl (C=O) groups is 1. The monoisotopic (exact) mass is 557 g/mol. The highest BCUT2D eigenvalue weighted by molar-refractivity contribution is 6.36. The van der Waals surface area contributed by atoms with Gasteiger partial charge in [0.25, 0.3) is 0 Å². The minimum absolute atomic E-state index is 0.104. The summed E-state index contributed by atoms with van der Waals surface area (Å²) in [4.78, 5) is 19.2. The number of anilines is 1. The molecule has 1 atom stereocenters. The van der Waals surface area contributed by atoms with Crippen LogP contribution in [0, 0.1) is 0 Å². The van der Waals surface area contributed by atoms with Crippen molar-refractivity contribution in [2.75, 3.05) is 5.73 Å². The van der Waals surface area contributed by atoms with Gasteiger partial charge in [-0.3, -0.25) is 0 Å². The van der Waals surface area contributed by atoms with E-state index in [1.807, 2.05) is 36.4 Å². The fraction of sp³-hybridized carbons (Fsp3) is 0.0968. The first kappa shape index (κ1) is 26.4. The van der Waals surface area contributed by atoms with Crippen LogP contribution in [-0.4, -0.2) is 21.0 Å². The number of aromatic amines is 1. The van der Waals surface area contributed by atoms with E-state index in [4.69, 9.17) is 38.8 Å². The van der Waals surface area contributed by atoms with Crippen LogP contribution in [0.15, 0.2) is 91.1 Å². The van der Waals surface area contributed by atoms with E-state index in [1.165, 1.54) is 12.1 Å². The van der Waals surface area contributed by atoms with E-state index < -0.39 is 5.97 Å². The van der Waals surface area contributed by atoms with Crippen LogP contribution in [0.1, 0.15) is 41.0 Å². The standard InChI is InChI=1S/C31H25Cl2N3O3/c1-2-24(30-35-17-28(36-30)25-13-10-22(32)16-26(25)33)20-5-3-18(4-6-20)19-7-11-23(12-8-19)39-29-14-9-21(31(37)38)15-27(29)34/h3-17,24H,2,34H2,1H3,(H,35,36)(H,37,38). The second-order valence-corrected chi connectivity index (χ2v) is 9.92. The number of imidazole rings is 1. The Bertz CT molecular complexity index is 1630. The van der Waals surface area contributed by atoms with Gasteiger partial charge >= 0.3 is 5.97 Å². The van der Waals surface area contributed by atoms with Gasteiger partial charge in [-0.1, -0.05) is 66.5 Å². The lowest BCUT2D eigenvalue weighted by atomic mass is 9.93. The molecule has 0 fully saturated rings. The summed E-state index contributed by atoms with van der Waals surface area (Å²) in [5, 5.41) is 10.3. The SMILES string of the molecule is CCC(c1ccc(-c2ccc(Oc3ccc(C(=O)O)cc3N)cc2)cc1)c1ncc(-c2ccc(Cl)cc2Cl)[nH]1. The average molecular weight is 558 g/mol. The maximum absolute atomic E-state index is 11.1. The molecule has 5 aromatic rings. The van der Waals surface area contributed by atoms with Crippen LogP contribution in [0.5, 0.6) is 11.5 Å². The molecule has 0 bridgehead atoms. The average Bonchev–Trinajstić information content (AvgIpc) is 3.40. The highest BCUT2D eigenvalue weighted by Gasteiger charge is 2.17. The number of hydrogen-bond acceptors (Lipinski definition) is 4. The highest BCUT2D eigenvalue weighted by Crippen LogP contribution is 2.34. The predicted molar refractivity (Wildman–Crippen MR) is 156 cm³/mol. The maximum atomic E-state index is 11.1. The third-order valence-corrected chi connectivity index (χ3v) is 7.09. The van der Waals surface area contributed by atoms with E-state index >= 15 is 0 Å². The Balaban J connectivity index is 1.30. The van der Waals surface area contributed by atoms with Crippen LogP contribution in [0.3, 0.4) is 0 Å². The molecule has 1 heterocycles. The highest BCUT2D eigenvalue weighted by atomic mass is 35.5. The zero-order valence-electron chi connectivity index (χ0n) is 21.0. The van der Waals surface area contributed by atoms with Crippen molar-refractivity contribution in [1.82, 2.24) is 9.97 Å². The van der Waals surface area contributed by atoms with E-state index in [-0.39, 0.29) is 17.2 Å². The fourth-order valence-electron chi connectivity index (χ4n) is 4.47. The van der Waals surface area contributed by atoms with Crippen molar-refractivity contribution in [2.24, 2.45) is 0 Å². The molecule has 0 aliphatic heterocycles. The number of benzene rings is 4. The first-order chi connectivity index (χ1) is 18.8. The summed E-state index contributed by atoms with van der Waals surface area (Å²) in [6.45, 7) is 2.14. The number of aromatic nitrogens is 2. The van der Waals surface area contributed by atoms with Crippen molar-refractivity contribution in [1.29, 1.82) is 0 Å². The molecule has 0 saturated heterocycles. The minimum atomic E-state index is -1.04. The topological polar surface area (TPSA) is 101 Å². The second kappa shape index (κ2) is 11.2. The second-order valence-electron chi connectivity index (χ2n) is 9.07. The molecule has 1 unspecified atom stereocenters. The van der Waals surface area contributed by atoms with Crippen molar-refractivity contribution in [2.45, 2.75) is 19.3 Å². The molecular formula is C31H25Cl2N3O3. The minimum Gasteiger partial charge on any atom is -0.478 e. The van der Waals surface area contributed by atoms with Crippen molar-refractivity contribution >= 4 is 34.9 Å². The number of aromatic carboxylic acids is 1. The van der Waals surface area contributed by atoms with Crippen molar-refractivity contribution in [3.05, 3.63) is 118 Å².